The summed E-state index contributed by atoms with van der Waals surface area (Å²) in [5.41, 5.74) is 1.71. The van der Waals surface area contributed by atoms with Gasteiger partial charge in [-0.25, -0.2) is 9.50 Å². The van der Waals surface area contributed by atoms with E-state index in [-0.39, 0.29) is 11.7 Å². The number of carbonyl (C=O) groups excluding carboxylic acids is 1. The van der Waals surface area contributed by atoms with Crippen molar-refractivity contribution < 1.29 is 4.79 Å². The van der Waals surface area contributed by atoms with Gasteiger partial charge < -0.3 is 5.32 Å². The highest BCUT2D eigenvalue weighted by Crippen LogP contribution is 2.22. The van der Waals surface area contributed by atoms with Crippen LogP contribution in [0.1, 0.15) is 17.9 Å². The zero-order valence-electron chi connectivity index (χ0n) is 8.76. The van der Waals surface area contributed by atoms with Crippen molar-refractivity contribution in [3.8, 4) is 0 Å². The monoisotopic (exact) mass is 216 g/mol. The Hall–Kier alpha value is -1.75. The number of nitrogens with one attached hydrogen (secondary N) is 1. The summed E-state index contributed by atoms with van der Waals surface area (Å²) in [7, 11) is 0. The van der Waals surface area contributed by atoms with Gasteiger partial charge in [-0.1, -0.05) is 0 Å². The Morgan fingerprint density at radius 1 is 1.50 bits per heavy atom. The second-order valence-electron chi connectivity index (χ2n) is 3.96. The molecular formula is C11H12N4O. The highest BCUT2D eigenvalue weighted by molar-refractivity contribution is 5.88. The van der Waals surface area contributed by atoms with Gasteiger partial charge in [0.1, 0.15) is 5.78 Å². The molecule has 1 aliphatic heterocycles. The van der Waals surface area contributed by atoms with E-state index >= 15 is 0 Å². The molecule has 2 aromatic heterocycles. The summed E-state index contributed by atoms with van der Waals surface area (Å²) in [6.45, 7) is 1.47. The lowest BCUT2D eigenvalue weighted by Crippen LogP contribution is -2.35. The zero-order valence-corrected chi connectivity index (χ0v) is 8.76. The summed E-state index contributed by atoms with van der Waals surface area (Å²) in [6, 6.07) is 1.82. The zero-order chi connectivity index (χ0) is 11.0. The van der Waals surface area contributed by atoms with Crippen LogP contribution in [0.5, 0.6) is 0 Å². The number of piperidine rings is 1. The van der Waals surface area contributed by atoms with Gasteiger partial charge in [0.2, 0.25) is 0 Å². The third-order valence-corrected chi connectivity index (χ3v) is 2.97. The SMILES string of the molecule is O=C1CCNCC1c1cnn2cccnc12. The van der Waals surface area contributed by atoms with Gasteiger partial charge in [0.15, 0.2) is 5.65 Å². The molecule has 0 bridgehead atoms. The molecule has 1 saturated heterocycles. The fraction of sp³-hybridized carbons (Fsp3) is 0.364. The number of Topliss-reactive ketones (excluding diaryl/α,β-unsaturated/α-hetero) is 1. The second-order valence-corrected chi connectivity index (χ2v) is 3.96. The molecule has 0 aromatic carbocycles. The molecule has 2 aromatic rings. The van der Waals surface area contributed by atoms with Crippen LogP contribution in [0.15, 0.2) is 24.7 Å². The van der Waals surface area contributed by atoms with E-state index in [9.17, 15) is 4.79 Å². The lowest BCUT2D eigenvalue weighted by Gasteiger charge is -2.20. The van der Waals surface area contributed by atoms with Gasteiger partial charge in [-0.05, 0) is 6.07 Å². The summed E-state index contributed by atoms with van der Waals surface area (Å²) < 4.78 is 1.71. The smallest absolute Gasteiger partial charge is 0.158 e. The molecular weight excluding hydrogens is 204 g/mol. The van der Waals surface area contributed by atoms with Crippen molar-refractivity contribution in [2.24, 2.45) is 0 Å². The van der Waals surface area contributed by atoms with Crippen molar-refractivity contribution in [3.63, 3.8) is 0 Å². The fourth-order valence-electron chi connectivity index (χ4n) is 2.12. The van der Waals surface area contributed by atoms with Gasteiger partial charge >= 0.3 is 0 Å². The topological polar surface area (TPSA) is 59.3 Å². The molecule has 1 fully saturated rings. The van der Waals surface area contributed by atoms with E-state index in [2.05, 4.69) is 15.4 Å². The number of hydrogen-bond donors (Lipinski definition) is 1. The first-order valence-electron chi connectivity index (χ1n) is 5.38. The molecule has 1 aliphatic rings. The van der Waals surface area contributed by atoms with Crippen LogP contribution >= 0.6 is 0 Å². The van der Waals surface area contributed by atoms with E-state index in [1.54, 1.807) is 16.9 Å². The number of aromatic nitrogens is 3. The summed E-state index contributed by atoms with van der Waals surface area (Å²) >= 11 is 0. The molecule has 0 radical (unpaired) electrons. The maximum absolute atomic E-state index is 11.8. The molecule has 5 nitrogen and oxygen atoms in total. The first kappa shape index (κ1) is 9.47. The van der Waals surface area contributed by atoms with Gasteiger partial charge in [0.25, 0.3) is 0 Å². The standard InChI is InChI=1S/C11H12N4O/c16-10-2-4-12-6-8(10)9-7-14-15-5-1-3-13-11(9)15/h1,3,5,7-8,12H,2,4,6H2. The molecule has 3 rings (SSSR count). The van der Waals surface area contributed by atoms with Crippen LogP contribution in [0, 0.1) is 0 Å². The highest BCUT2D eigenvalue weighted by Gasteiger charge is 2.26. The fourth-order valence-corrected chi connectivity index (χ4v) is 2.12. The van der Waals surface area contributed by atoms with Gasteiger partial charge in [-0.3, -0.25) is 4.79 Å². The van der Waals surface area contributed by atoms with Crippen molar-refractivity contribution in [1.82, 2.24) is 19.9 Å². The lowest BCUT2D eigenvalue weighted by atomic mass is 9.92. The summed E-state index contributed by atoms with van der Waals surface area (Å²) in [4.78, 5) is 16.1. The second kappa shape index (κ2) is 3.68. The van der Waals surface area contributed by atoms with Crippen molar-refractivity contribution in [2.75, 3.05) is 13.1 Å². The molecule has 16 heavy (non-hydrogen) atoms. The maximum Gasteiger partial charge on any atom is 0.158 e. The number of hydrogen-bond acceptors (Lipinski definition) is 4. The number of carbonyl (C=O) groups is 1. The van der Waals surface area contributed by atoms with Crippen LogP contribution in [-0.2, 0) is 4.79 Å². The van der Waals surface area contributed by atoms with Crippen LogP contribution in [0.2, 0.25) is 0 Å². The molecule has 1 unspecified atom stereocenters. The highest BCUT2D eigenvalue weighted by atomic mass is 16.1. The minimum atomic E-state index is -0.0962. The van der Waals surface area contributed by atoms with Gasteiger partial charge in [0.05, 0.1) is 12.1 Å². The number of nitrogens with zero attached hydrogens (tertiary/aromatic N) is 3. The average Bonchev–Trinajstić information content (AvgIpc) is 2.74. The molecule has 0 saturated carbocycles. The molecule has 3 heterocycles. The van der Waals surface area contributed by atoms with Crippen molar-refractivity contribution in [2.45, 2.75) is 12.3 Å². The van der Waals surface area contributed by atoms with Gasteiger partial charge in [-0.15, -0.1) is 0 Å². The average molecular weight is 216 g/mol. The normalized spacial score (nSPS) is 21.5. The van der Waals surface area contributed by atoms with Gasteiger partial charge in [-0.2, -0.15) is 5.10 Å². The Bertz CT molecular complexity index is 534. The Kier molecular flexibility index (Phi) is 2.18. The number of ketones is 1. The predicted molar refractivity (Wildman–Crippen MR) is 58.2 cm³/mol. The predicted octanol–water partition coefficient (Wildman–Crippen LogP) is 0.375. The minimum Gasteiger partial charge on any atom is -0.315 e. The largest absolute Gasteiger partial charge is 0.315 e. The van der Waals surface area contributed by atoms with Gasteiger partial charge in [0, 0.05) is 37.5 Å². The Balaban J connectivity index is 2.08. The van der Waals surface area contributed by atoms with Crippen LogP contribution in [0.25, 0.3) is 5.65 Å². The molecule has 5 heteroatoms. The van der Waals surface area contributed by atoms with E-state index in [1.807, 2.05) is 12.3 Å². The van der Waals surface area contributed by atoms with Crippen LogP contribution in [0.4, 0.5) is 0 Å². The van der Waals surface area contributed by atoms with E-state index in [0.717, 1.165) is 17.8 Å². The number of fused-ring (bicyclic) bond motifs is 1. The molecule has 0 amide bonds. The van der Waals surface area contributed by atoms with E-state index in [1.165, 1.54) is 0 Å². The molecule has 1 atom stereocenters. The first-order valence-corrected chi connectivity index (χ1v) is 5.38. The van der Waals surface area contributed by atoms with E-state index in [4.69, 9.17) is 0 Å². The van der Waals surface area contributed by atoms with Crippen LogP contribution < -0.4 is 5.32 Å². The Morgan fingerprint density at radius 3 is 3.31 bits per heavy atom. The molecule has 82 valence electrons. The maximum atomic E-state index is 11.8. The third kappa shape index (κ3) is 1.40. The summed E-state index contributed by atoms with van der Waals surface area (Å²) in [5.74, 6) is 0.181. The van der Waals surface area contributed by atoms with E-state index in [0.29, 0.717) is 13.0 Å². The Morgan fingerprint density at radius 2 is 2.44 bits per heavy atom. The van der Waals surface area contributed by atoms with Crippen LogP contribution in [0.3, 0.4) is 0 Å². The van der Waals surface area contributed by atoms with Crippen molar-refractivity contribution in [3.05, 3.63) is 30.2 Å². The Labute approximate surface area is 92.5 Å². The summed E-state index contributed by atoms with van der Waals surface area (Å²) in [6.07, 6.45) is 5.90. The quantitative estimate of drug-likeness (QED) is 0.748. The van der Waals surface area contributed by atoms with E-state index < -0.39 is 0 Å². The summed E-state index contributed by atoms with van der Waals surface area (Å²) in [5, 5.41) is 7.44. The molecule has 0 spiro atoms. The van der Waals surface area contributed by atoms with Crippen LogP contribution in [-0.4, -0.2) is 33.5 Å². The van der Waals surface area contributed by atoms with Crippen molar-refractivity contribution >= 4 is 11.4 Å². The lowest BCUT2D eigenvalue weighted by molar-refractivity contribution is -0.121. The minimum absolute atomic E-state index is 0.0962. The van der Waals surface area contributed by atoms with Crippen molar-refractivity contribution in [1.29, 1.82) is 0 Å². The molecule has 0 aliphatic carbocycles. The number of rotatable bonds is 1. The molecule has 1 N–H and O–H groups in total. The first-order chi connectivity index (χ1) is 7.86. The third-order valence-electron chi connectivity index (χ3n) is 2.97.